The SMILES string of the molecule is CC(=O)N[C@@H]1[C@@H](OC(C)=O)[C@@H](OC(C)=O)[C@@H](COC(C)=O)O[C@@H]1SCCCCCO. The van der Waals surface area contributed by atoms with E-state index < -0.39 is 47.7 Å². The fourth-order valence-corrected chi connectivity index (χ4v) is 4.28. The lowest BCUT2D eigenvalue weighted by Gasteiger charge is -2.45. The van der Waals surface area contributed by atoms with E-state index in [1.54, 1.807) is 0 Å². The number of hydrogen-bond acceptors (Lipinski definition) is 10. The molecule has 1 aliphatic rings. The molecule has 0 saturated carbocycles. The van der Waals surface area contributed by atoms with Crippen molar-refractivity contribution in [3.05, 3.63) is 0 Å². The van der Waals surface area contributed by atoms with Gasteiger partial charge in [-0.25, -0.2) is 0 Å². The molecule has 0 spiro atoms. The number of ether oxygens (including phenoxy) is 4. The van der Waals surface area contributed by atoms with Gasteiger partial charge < -0.3 is 29.4 Å². The van der Waals surface area contributed by atoms with Gasteiger partial charge in [-0.15, -0.1) is 11.8 Å². The van der Waals surface area contributed by atoms with Crippen LogP contribution >= 0.6 is 11.8 Å². The Hall–Kier alpha value is -1.85. The molecule has 1 aliphatic heterocycles. The molecular formula is C19H31NO9S. The molecule has 0 unspecified atom stereocenters. The van der Waals surface area contributed by atoms with Crippen LogP contribution in [0.25, 0.3) is 0 Å². The number of rotatable bonds is 11. The maximum Gasteiger partial charge on any atom is 0.303 e. The topological polar surface area (TPSA) is 137 Å². The minimum Gasteiger partial charge on any atom is -0.463 e. The van der Waals surface area contributed by atoms with Crippen molar-refractivity contribution in [3.63, 3.8) is 0 Å². The molecule has 0 aromatic heterocycles. The van der Waals surface area contributed by atoms with Crippen LogP contribution in [0.1, 0.15) is 47.0 Å². The van der Waals surface area contributed by atoms with Crippen LogP contribution in [0, 0.1) is 0 Å². The Labute approximate surface area is 180 Å². The largest absolute Gasteiger partial charge is 0.463 e. The first-order chi connectivity index (χ1) is 14.1. The van der Waals surface area contributed by atoms with E-state index in [2.05, 4.69) is 5.32 Å². The molecule has 0 aromatic carbocycles. The molecule has 0 aliphatic carbocycles. The van der Waals surface area contributed by atoms with Crippen molar-refractivity contribution in [2.45, 2.75) is 76.7 Å². The van der Waals surface area contributed by atoms with Crippen LogP contribution in [0.5, 0.6) is 0 Å². The third kappa shape index (κ3) is 9.31. The van der Waals surface area contributed by atoms with Crippen molar-refractivity contribution in [2.24, 2.45) is 0 Å². The number of aliphatic hydroxyl groups is 1. The quantitative estimate of drug-likeness (QED) is 0.261. The number of amides is 1. The van der Waals surface area contributed by atoms with E-state index in [9.17, 15) is 19.2 Å². The minimum absolute atomic E-state index is 0.113. The second-order valence-corrected chi connectivity index (χ2v) is 8.08. The molecule has 1 saturated heterocycles. The summed E-state index contributed by atoms with van der Waals surface area (Å²) in [6, 6.07) is -0.785. The Kier molecular flexibility index (Phi) is 11.7. The molecule has 10 nitrogen and oxygen atoms in total. The highest BCUT2D eigenvalue weighted by Crippen LogP contribution is 2.33. The average molecular weight is 450 g/mol. The highest BCUT2D eigenvalue weighted by atomic mass is 32.2. The van der Waals surface area contributed by atoms with Crippen LogP contribution in [-0.2, 0) is 38.1 Å². The average Bonchev–Trinajstić information content (AvgIpc) is 2.63. The highest BCUT2D eigenvalue weighted by Gasteiger charge is 2.50. The Morgan fingerprint density at radius 1 is 0.933 bits per heavy atom. The summed E-state index contributed by atoms with van der Waals surface area (Å²) in [5, 5.41) is 11.6. The first-order valence-electron chi connectivity index (χ1n) is 9.78. The zero-order valence-electron chi connectivity index (χ0n) is 17.8. The molecule has 11 heteroatoms. The Morgan fingerprint density at radius 3 is 2.10 bits per heavy atom. The van der Waals surface area contributed by atoms with Crippen LogP contribution in [-0.4, -0.2) is 77.7 Å². The summed E-state index contributed by atoms with van der Waals surface area (Å²) in [7, 11) is 0. The molecule has 1 amide bonds. The molecule has 5 atom stereocenters. The van der Waals surface area contributed by atoms with Gasteiger partial charge in [-0.3, -0.25) is 19.2 Å². The number of unbranched alkanes of at least 4 members (excludes halogenated alkanes) is 2. The summed E-state index contributed by atoms with van der Waals surface area (Å²) >= 11 is 1.40. The maximum absolute atomic E-state index is 11.8. The first-order valence-corrected chi connectivity index (χ1v) is 10.8. The maximum atomic E-state index is 11.8. The second kappa shape index (κ2) is 13.5. The van der Waals surface area contributed by atoms with Crippen LogP contribution in [0.2, 0.25) is 0 Å². The molecule has 1 rings (SSSR count). The van der Waals surface area contributed by atoms with E-state index in [1.165, 1.54) is 39.5 Å². The third-order valence-electron chi connectivity index (χ3n) is 4.16. The van der Waals surface area contributed by atoms with Crippen LogP contribution in [0.3, 0.4) is 0 Å². The molecule has 2 N–H and O–H groups in total. The summed E-state index contributed by atoms with van der Waals surface area (Å²) in [6.45, 7) is 4.87. The number of thioether (sulfide) groups is 1. The van der Waals surface area contributed by atoms with Gasteiger partial charge in [0.05, 0.1) is 0 Å². The predicted molar refractivity (Wildman–Crippen MR) is 107 cm³/mol. The van der Waals surface area contributed by atoms with Crippen molar-refractivity contribution >= 4 is 35.6 Å². The van der Waals surface area contributed by atoms with Crippen LogP contribution in [0.15, 0.2) is 0 Å². The Balaban J connectivity index is 3.13. The minimum atomic E-state index is -1.08. The highest BCUT2D eigenvalue weighted by molar-refractivity contribution is 7.99. The van der Waals surface area contributed by atoms with Crippen molar-refractivity contribution in [3.8, 4) is 0 Å². The van der Waals surface area contributed by atoms with Gasteiger partial charge in [0, 0.05) is 34.3 Å². The molecule has 0 bridgehead atoms. The summed E-state index contributed by atoms with van der Waals surface area (Å²) in [5.74, 6) is -1.50. The summed E-state index contributed by atoms with van der Waals surface area (Å²) in [5.41, 5.74) is -0.639. The van der Waals surface area contributed by atoms with Crippen molar-refractivity contribution in [2.75, 3.05) is 19.0 Å². The third-order valence-corrected chi connectivity index (χ3v) is 5.41. The van der Waals surface area contributed by atoms with Gasteiger partial charge in [-0.1, -0.05) is 6.42 Å². The normalized spacial score (nSPS) is 25.8. The molecule has 172 valence electrons. The van der Waals surface area contributed by atoms with E-state index in [4.69, 9.17) is 24.1 Å². The molecule has 0 radical (unpaired) electrons. The molecular weight excluding hydrogens is 418 g/mol. The number of carbonyl (C=O) groups is 4. The van der Waals surface area contributed by atoms with E-state index in [1.807, 2.05) is 0 Å². The fourth-order valence-electron chi connectivity index (χ4n) is 3.02. The van der Waals surface area contributed by atoms with Crippen molar-refractivity contribution in [1.82, 2.24) is 5.32 Å². The summed E-state index contributed by atoms with van der Waals surface area (Å²) in [4.78, 5) is 46.5. The monoisotopic (exact) mass is 449 g/mol. The Bertz CT molecular complexity index is 601. The van der Waals surface area contributed by atoms with Gasteiger partial charge in [0.2, 0.25) is 5.91 Å². The number of nitrogens with one attached hydrogen (secondary N) is 1. The van der Waals surface area contributed by atoms with Gasteiger partial charge in [0.1, 0.15) is 24.2 Å². The van der Waals surface area contributed by atoms with Gasteiger partial charge in [0.25, 0.3) is 0 Å². The number of esters is 3. The zero-order chi connectivity index (χ0) is 22.7. The molecule has 30 heavy (non-hydrogen) atoms. The molecule has 0 aromatic rings. The standard InChI is InChI=1S/C19H31NO9S/c1-11(22)20-16-18(28-14(4)25)17(27-13(3)24)15(10-26-12(2)23)29-19(16)30-9-7-5-6-8-21/h15-19,21H,5-10H2,1-4H3,(H,20,22)/t15-,16-,17+,18-,19-/m1/s1. The van der Waals surface area contributed by atoms with E-state index in [-0.39, 0.29) is 19.1 Å². The van der Waals surface area contributed by atoms with E-state index >= 15 is 0 Å². The van der Waals surface area contributed by atoms with Crippen molar-refractivity contribution in [1.29, 1.82) is 0 Å². The second-order valence-electron chi connectivity index (χ2n) is 6.87. The number of aliphatic hydroxyl groups excluding tert-OH is 1. The Morgan fingerprint density at radius 2 is 1.57 bits per heavy atom. The zero-order valence-corrected chi connectivity index (χ0v) is 18.6. The molecule has 1 fully saturated rings. The first kappa shape index (κ1) is 26.2. The van der Waals surface area contributed by atoms with Gasteiger partial charge in [0.15, 0.2) is 12.2 Å². The lowest BCUT2D eigenvalue weighted by Crippen LogP contribution is -2.65. The predicted octanol–water partition coefficient (Wildman–Crippen LogP) is 0.538. The summed E-state index contributed by atoms with van der Waals surface area (Å²) in [6.07, 6.45) is -0.684. The summed E-state index contributed by atoms with van der Waals surface area (Å²) < 4.78 is 21.9. The van der Waals surface area contributed by atoms with Crippen LogP contribution < -0.4 is 5.32 Å². The number of carbonyl (C=O) groups excluding carboxylic acids is 4. The van der Waals surface area contributed by atoms with Gasteiger partial charge >= 0.3 is 17.9 Å². The lowest BCUT2D eigenvalue weighted by atomic mass is 9.97. The number of hydrogen-bond donors (Lipinski definition) is 2. The fraction of sp³-hybridized carbons (Fsp3) is 0.789. The van der Waals surface area contributed by atoms with Gasteiger partial charge in [-0.2, -0.15) is 0 Å². The van der Waals surface area contributed by atoms with Gasteiger partial charge in [-0.05, 0) is 18.6 Å². The van der Waals surface area contributed by atoms with E-state index in [0.717, 1.165) is 12.8 Å². The smallest absolute Gasteiger partial charge is 0.303 e. The molecule has 1 heterocycles. The van der Waals surface area contributed by atoms with Crippen molar-refractivity contribution < 1.29 is 43.2 Å². The van der Waals surface area contributed by atoms with Crippen LogP contribution in [0.4, 0.5) is 0 Å². The lowest BCUT2D eigenvalue weighted by molar-refractivity contribution is -0.211. The van der Waals surface area contributed by atoms with E-state index in [0.29, 0.717) is 12.2 Å².